The molecule has 2 rings (SSSR count). The van der Waals surface area contributed by atoms with E-state index < -0.39 is 0 Å². The molecule has 1 aromatic rings. The Morgan fingerprint density at radius 1 is 1.34 bits per heavy atom. The lowest BCUT2D eigenvalue weighted by molar-refractivity contribution is -0.134. The molecule has 1 aliphatic heterocycles. The predicted octanol–water partition coefficient (Wildman–Crippen LogP) is 3.90. The summed E-state index contributed by atoms with van der Waals surface area (Å²) in [6.45, 7) is 13.7. The van der Waals surface area contributed by atoms with Crippen LogP contribution in [0.4, 0.5) is 0 Å². The van der Waals surface area contributed by atoms with Gasteiger partial charge in [0.1, 0.15) is 0 Å². The molecular formula is C26H37N3O3. The topological polar surface area (TPSA) is 61.9 Å². The third-order valence-corrected chi connectivity index (χ3v) is 5.05. The molecule has 0 radical (unpaired) electrons. The van der Waals surface area contributed by atoms with Crippen LogP contribution in [0.25, 0.3) is 0 Å². The number of amides is 2. The number of carbonyl (C=O) groups is 2. The van der Waals surface area contributed by atoms with Crippen molar-refractivity contribution < 1.29 is 14.3 Å². The van der Waals surface area contributed by atoms with E-state index in [2.05, 4.69) is 31.5 Å². The first-order valence-electron chi connectivity index (χ1n) is 10.7. The van der Waals surface area contributed by atoms with Crippen LogP contribution in [0.2, 0.25) is 0 Å². The van der Waals surface area contributed by atoms with Crippen LogP contribution in [-0.2, 0) is 20.9 Å². The smallest absolute Gasteiger partial charge is 0.242 e. The minimum absolute atomic E-state index is 0.0548. The van der Waals surface area contributed by atoms with Gasteiger partial charge >= 0.3 is 0 Å². The highest BCUT2D eigenvalue weighted by molar-refractivity contribution is 5.80. The minimum Gasteiger partial charge on any atom is -0.380 e. The number of methoxy groups -OCH3 is 1. The van der Waals surface area contributed by atoms with E-state index >= 15 is 0 Å². The third-order valence-electron chi connectivity index (χ3n) is 5.05. The molecule has 1 aromatic carbocycles. The van der Waals surface area contributed by atoms with Crippen LogP contribution in [0.3, 0.4) is 0 Å². The number of hydrogen-bond donors (Lipinski definition) is 1. The molecule has 0 aromatic heterocycles. The minimum atomic E-state index is -0.0548. The summed E-state index contributed by atoms with van der Waals surface area (Å²) < 4.78 is 4.93. The second-order valence-electron chi connectivity index (χ2n) is 7.68. The van der Waals surface area contributed by atoms with E-state index in [0.717, 1.165) is 12.1 Å². The Bertz CT molecular complexity index is 815. The molecule has 1 N–H and O–H groups in total. The fourth-order valence-electron chi connectivity index (χ4n) is 3.35. The van der Waals surface area contributed by atoms with Gasteiger partial charge in [0.25, 0.3) is 0 Å². The first-order chi connectivity index (χ1) is 15.4. The summed E-state index contributed by atoms with van der Waals surface area (Å²) >= 11 is 0. The average Bonchev–Trinajstić information content (AvgIpc) is 2.80. The van der Waals surface area contributed by atoms with Crippen LogP contribution in [0.1, 0.15) is 25.8 Å². The van der Waals surface area contributed by atoms with Crippen LogP contribution >= 0.6 is 0 Å². The number of allylic oxidation sites excluding steroid dienone is 3. The van der Waals surface area contributed by atoms with Gasteiger partial charge in [0.05, 0.1) is 19.7 Å². The summed E-state index contributed by atoms with van der Waals surface area (Å²) in [7, 11) is 3.30. The van der Waals surface area contributed by atoms with Crippen molar-refractivity contribution in [2.24, 2.45) is 5.92 Å². The molecule has 1 aliphatic rings. The van der Waals surface area contributed by atoms with E-state index in [9.17, 15) is 9.59 Å². The van der Waals surface area contributed by atoms with Crippen LogP contribution in [-0.4, -0.2) is 55.9 Å². The SMILES string of the molecule is C=CC(=C)NC1=C(C(C)/C=C\C)CCN(C(=O)CN(C)C=O)C1.COCc1ccccc1. The normalized spacial score (nSPS) is 14.3. The molecule has 0 saturated heterocycles. The number of benzene rings is 1. The molecule has 0 spiro atoms. The van der Waals surface area contributed by atoms with Gasteiger partial charge < -0.3 is 19.9 Å². The van der Waals surface area contributed by atoms with Gasteiger partial charge in [0.15, 0.2) is 0 Å². The van der Waals surface area contributed by atoms with E-state index in [1.165, 1.54) is 16.0 Å². The molecule has 2 amide bonds. The fourth-order valence-corrected chi connectivity index (χ4v) is 3.35. The standard InChI is InChI=1S/C18H27N3O2.C8H10O/c1-6-8-14(3)16-9-10-21(18(23)12-20(5)13-22)11-17(16)19-15(4)7-2;1-9-7-8-5-3-2-4-6-8/h6-8,13-14,19H,2,4,9-12H2,1,3,5H3;2-6H,7H2,1H3/b8-6-;. The number of rotatable bonds is 10. The second kappa shape index (κ2) is 14.8. The van der Waals surface area contributed by atoms with E-state index in [1.54, 1.807) is 25.1 Å². The van der Waals surface area contributed by atoms with Crippen molar-refractivity contribution >= 4 is 12.3 Å². The largest absolute Gasteiger partial charge is 0.380 e. The quantitative estimate of drug-likeness (QED) is 0.341. The lowest BCUT2D eigenvalue weighted by Crippen LogP contribution is -2.44. The Kier molecular flexibility index (Phi) is 12.5. The molecule has 6 heteroatoms. The van der Waals surface area contributed by atoms with Crippen molar-refractivity contribution in [3.63, 3.8) is 0 Å². The van der Waals surface area contributed by atoms with Crippen molar-refractivity contribution in [1.82, 2.24) is 15.1 Å². The molecule has 174 valence electrons. The highest BCUT2D eigenvalue weighted by Crippen LogP contribution is 2.25. The van der Waals surface area contributed by atoms with Crippen molar-refractivity contribution in [3.8, 4) is 0 Å². The van der Waals surface area contributed by atoms with Gasteiger partial charge in [-0.3, -0.25) is 9.59 Å². The fraction of sp³-hybridized carbons (Fsp3) is 0.385. The Balaban J connectivity index is 0.000000471. The summed E-state index contributed by atoms with van der Waals surface area (Å²) in [4.78, 5) is 26.1. The zero-order valence-corrected chi connectivity index (χ0v) is 19.8. The van der Waals surface area contributed by atoms with Gasteiger partial charge in [-0.2, -0.15) is 0 Å². The van der Waals surface area contributed by atoms with E-state index in [-0.39, 0.29) is 12.5 Å². The van der Waals surface area contributed by atoms with E-state index in [4.69, 9.17) is 4.74 Å². The van der Waals surface area contributed by atoms with Crippen molar-refractivity contribution in [1.29, 1.82) is 0 Å². The summed E-state index contributed by atoms with van der Waals surface area (Å²) in [6, 6.07) is 10.1. The molecule has 6 nitrogen and oxygen atoms in total. The van der Waals surface area contributed by atoms with Gasteiger partial charge in [0.2, 0.25) is 12.3 Å². The van der Waals surface area contributed by atoms with Gasteiger partial charge in [-0.05, 0) is 36.5 Å². The number of hydrogen-bond acceptors (Lipinski definition) is 4. The number of nitrogens with zero attached hydrogens (tertiary/aromatic N) is 2. The molecule has 0 saturated carbocycles. The number of likely N-dealkylation sites (N-methyl/N-ethyl adjacent to an activating group) is 1. The molecule has 0 aliphatic carbocycles. The Hall–Kier alpha value is -3.12. The first-order valence-corrected chi connectivity index (χ1v) is 10.7. The number of ether oxygens (including phenoxy) is 1. The van der Waals surface area contributed by atoms with Crippen molar-refractivity contribution in [3.05, 3.63) is 84.2 Å². The Morgan fingerprint density at radius 3 is 2.59 bits per heavy atom. The molecule has 1 unspecified atom stereocenters. The summed E-state index contributed by atoms with van der Waals surface area (Å²) in [6.07, 6.45) is 7.30. The predicted molar refractivity (Wildman–Crippen MR) is 131 cm³/mol. The zero-order chi connectivity index (χ0) is 23.9. The molecule has 1 atom stereocenters. The van der Waals surface area contributed by atoms with Gasteiger partial charge in [0, 0.05) is 32.1 Å². The van der Waals surface area contributed by atoms with Crippen molar-refractivity contribution in [2.75, 3.05) is 33.8 Å². The van der Waals surface area contributed by atoms with Crippen molar-refractivity contribution in [2.45, 2.75) is 26.9 Å². The first kappa shape index (κ1) is 26.9. The molecule has 1 heterocycles. The highest BCUT2D eigenvalue weighted by atomic mass is 16.5. The lowest BCUT2D eigenvalue weighted by Gasteiger charge is -2.33. The van der Waals surface area contributed by atoms with E-state index in [0.29, 0.717) is 37.7 Å². The molecule has 32 heavy (non-hydrogen) atoms. The van der Waals surface area contributed by atoms with Crippen LogP contribution in [0.15, 0.2) is 78.7 Å². The van der Waals surface area contributed by atoms with Crippen LogP contribution in [0.5, 0.6) is 0 Å². The monoisotopic (exact) mass is 439 g/mol. The highest BCUT2D eigenvalue weighted by Gasteiger charge is 2.25. The maximum absolute atomic E-state index is 12.3. The third kappa shape index (κ3) is 9.35. The molecular weight excluding hydrogens is 402 g/mol. The second-order valence-corrected chi connectivity index (χ2v) is 7.68. The van der Waals surface area contributed by atoms with Crippen LogP contribution < -0.4 is 5.32 Å². The van der Waals surface area contributed by atoms with Gasteiger partial charge in [-0.1, -0.05) is 62.6 Å². The molecule has 0 fully saturated rings. The van der Waals surface area contributed by atoms with Gasteiger partial charge in [-0.15, -0.1) is 0 Å². The number of carbonyl (C=O) groups excluding carboxylic acids is 2. The summed E-state index contributed by atoms with van der Waals surface area (Å²) in [5, 5.41) is 3.27. The molecule has 0 bridgehead atoms. The summed E-state index contributed by atoms with van der Waals surface area (Å²) in [5.74, 6) is 0.246. The Labute approximate surface area is 192 Å². The van der Waals surface area contributed by atoms with Gasteiger partial charge in [-0.25, -0.2) is 0 Å². The lowest BCUT2D eigenvalue weighted by atomic mass is 9.92. The number of nitrogens with one attached hydrogen (secondary N) is 1. The average molecular weight is 440 g/mol. The van der Waals surface area contributed by atoms with Crippen LogP contribution in [0, 0.1) is 5.92 Å². The zero-order valence-electron chi connectivity index (χ0n) is 19.8. The summed E-state index contributed by atoms with van der Waals surface area (Å²) in [5.41, 5.74) is 4.21. The van der Waals surface area contributed by atoms with E-state index in [1.807, 2.05) is 43.3 Å². The Morgan fingerprint density at radius 2 is 2.03 bits per heavy atom. The maximum Gasteiger partial charge on any atom is 0.242 e. The maximum atomic E-state index is 12.3.